The predicted molar refractivity (Wildman–Crippen MR) is 81.2 cm³/mol. The van der Waals surface area contributed by atoms with E-state index in [0.717, 1.165) is 25.3 Å². The zero-order valence-corrected chi connectivity index (χ0v) is 12.6. The smallest absolute Gasteiger partial charge is 0.272 e. The lowest BCUT2D eigenvalue weighted by Gasteiger charge is -2.33. The molecule has 1 aromatic rings. The van der Waals surface area contributed by atoms with Crippen molar-refractivity contribution in [2.24, 2.45) is 0 Å². The van der Waals surface area contributed by atoms with E-state index >= 15 is 0 Å². The monoisotopic (exact) mass is 276 g/mol. The molecule has 2 rings (SSSR count). The molecular formula is C15H24N4O. The third-order valence-electron chi connectivity index (χ3n) is 3.75. The molecule has 1 saturated heterocycles. The van der Waals surface area contributed by atoms with Gasteiger partial charge in [0.25, 0.3) is 5.91 Å². The fourth-order valence-electron chi connectivity index (χ4n) is 2.57. The Balaban J connectivity index is 2.17. The Labute approximate surface area is 121 Å². The molecule has 1 fully saturated rings. The van der Waals surface area contributed by atoms with Crippen molar-refractivity contribution in [1.82, 2.24) is 15.2 Å². The molecule has 20 heavy (non-hydrogen) atoms. The summed E-state index contributed by atoms with van der Waals surface area (Å²) in [6, 6.07) is 4.37. The molecule has 1 atom stereocenters. The summed E-state index contributed by atoms with van der Waals surface area (Å²) < 4.78 is 0. The van der Waals surface area contributed by atoms with Crippen LogP contribution in [-0.2, 0) is 0 Å². The molecule has 1 amide bonds. The summed E-state index contributed by atoms with van der Waals surface area (Å²) in [6.45, 7) is 10.5. The summed E-state index contributed by atoms with van der Waals surface area (Å²) in [5.41, 5.74) is 1.63. The highest BCUT2D eigenvalue weighted by atomic mass is 16.2. The molecule has 0 aliphatic carbocycles. The summed E-state index contributed by atoms with van der Waals surface area (Å²) in [7, 11) is 0. The first kappa shape index (κ1) is 14.8. The average molecular weight is 276 g/mol. The van der Waals surface area contributed by atoms with E-state index in [1.165, 1.54) is 0 Å². The third kappa shape index (κ3) is 3.28. The maximum absolute atomic E-state index is 12.3. The Morgan fingerprint density at radius 3 is 2.90 bits per heavy atom. The van der Waals surface area contributed by atoms with Crippen LogP contribution in [0.15, 0.2) is 18.3 Å². The van der Waals surface area contributed by atoms with E-state index in [2.05, 4.69) is 22.1 Å². The van der Waals surface area contributed by atoms with E-state index in [-0.39, 0.29) is 5.91 Å². The van der Waals surface area contributed by atoms with E-state index in [1.807, 2.05) is 26.0 Å². The lowest BCUT2D eigenvalue weighted by Crippen LogP contribution is -2.49. The van der Waals surface area contributed by atoms with E-state index < -0.39 is 0 Å². The lowest BCUT2D eigenvalue weighted by atomic mass is 10.2. The molecule has 0 radical (unpaired) electrons. The van der Waals surface area contributed by atoms with E-state index in [0.29, 0.717) is 24.8 Å². The summed E-state index contributed by atoms with van der Waals surface area (Å²) >= 11 is 0. The van der Waals surface area contributed by atoms with Gasteiger partial charge in [-0.2, -0.15) is 0 Å². The number of pyridine rings is 1. The van der Waals surface area contributed by atoms with Crippen LogP contribution in [0.2, 0.25) is 0 Å². The molecule has 5 nitrogen and oxygen atoms in total. The van der Waals surface area contributed by atoms with Crippen molar-refractivity contribution in [2.75, 3.05) is 37.6 Å². The first-order chi connectivity index (χ1) is 9.65. The molecule has 1 aliphatic heterocycles. The molecule has 2 heterocycles. The number of nitrogens with zero attached hydrogens (tertiary/aromatic N) is 3. The fourth-order valence-corrected chi connectivity index (χ4v) is 2.57. The molecule has 0 aromatic carbocycles. The summed E-state index contributed by atoms with van der Waals surface area (Å²) in [5.74, 6) is 0.0139. The normalized spacial score (nSPS) is 18.9. The first-order valence-corrected chi connectivity index (χ1v) is 7.39. The largest absolute Gasteiger partial charge is 0.369 e. The standard InChI is InChI=1S/C15H24N4O/c1-4-18(5-2)15(20)14-10-13(6-7-17-14)19-9-8-16-12(3)11-19/h6-7,10,12,16H,4-5,8-9,11H2,1-3H3/t12-/m0/s1. The number of hydrogen-bond donors (Lipinski definition) is 1. The number of amides is 1. The lowest BCUT2D eigenvalue weighted by molar-refractivity contribution is 0.0767. The summed E-state index contributed by atoms with van der Waals surface area (Å²) in [5, 5.41) is 3.42. The van der Waals surface area contributed by atoms with Crippen LogP contribution < -0.4 is 10.2 Å². The van der Waals surface area contributed by atoms with Gasteiger partial charge >= 0.3 is 0 Å². The van der Waals surface area contributed by atoms with Gasteiger partial charge in [-0.3, -0.25) is 9.78 Å². The van der Waals surface area contributed by atoms with Crippen molar-refractivity contribution >= 4 is 11.6 Å². The highest BCUT2D eigenvalue weighted by Gasteiger charge is 2.19. The molecule has 110 valence electrons. The van der Waals surface area contributed by atoms with Gasteiger partial charge in [-0.1, -0.05) is 0 Å². The maximum atomic E-state index is 12.3. The highest BCUT2D eigenvalue weighted by Crippen LogP contribution is 2.17. The van der Waals surface area contributed by atoms with Gasteiger partial charge in [0.2, 0.25) is 0 Å². The highest BCUT2D eigenvalue weighted by molar-refractivity contribution is 5.93. The van der Waals surface area contributed by atoms with Gasteiger partial charge in [0.1, 0.15) is 5.69 Å². The minimum atomic E-state index is 0.0139. The molecular weight excluding hydrogens is 252 g/mol. The van der Waals surface area contributed by atoms with E-state index in [4.69, 9.17) is 0 Å². The Hall–Kier alpha value is -1.62. The SMILES string of the molecule is CCN(CC)C(=O)c1cc(N2CCN[C@@H](C)C2)ccn1. The van der Waals surface area contributed by atoms with Gasteiger partial charge in [-0.15, -0.1) is 0 Å². The molecule has 0 saturated carbocycles. The van der Waals surface area contributed by atoms with Crippen LogP contribution in [0.5, 0.6) is 0 Å². The number of piperazine rings is 1. The predicted octanol–water partition coefficient (Wildman–Crippen LogP) is 1.36. The van der Waals surface area contributed by atoms with Gasteiger partial charge in [-0.25, -0.2) is 0 Å². The Morgan fingerprint density at radius 2 is 2.25 bits per heavy atom. The number of carbonyl (C=O) groups is 1. The minimum Gasteiger partial charge on any atom is -0.369 e. The number of carbonyl (C=O) groups excluding carboxylic acids is 1. The van der Waals surface area contributed by atoms with Crippen molar-refractivity contribution in [3.8, 4) is 0 Å². The van der Waals surface area contributed by atoms with E-state index in [9.17, 15) is 4.79 Å². The van der Waals surface area contributed by atoms with E-state index in [1.54, 1.807) is 11.1 Å². The molecule has 0 bridgehead atoms. The van der Waals surface area contributed by atoms with Crippen molar-refractivity contribution in [3.05, 3.63) is 24.0 Å². The summed E-state index contributed by atoms with van der Waals surface area (Å²) in [6.07, 6.45) is 1.73. The Morgan fingerprint density at radius 1 is 1.50 bits per heavy atom. The van der Waals surface area contributed by atoms with Gasteiger partial charge < -0.3 is 15.1 Å². The van der Waals surface area contributed by atoms with Crippen LogP contribution in [0, 0.1) is 0 Å². The molecule has 5 heteroatoms. The number of hydrogen-bond acceptors (Lipinski definition) is 4. The second-order valence-corrected chi connectivity index (χ2v) is 5.18. The van der Waals surface area contributed by atoms with Crippen LogP contribution in [-0.4, -0.2) is 54.6 Å². The second-order valence-electron chi connectivity index (χ2n) is 5.18. The van der Waals surface area contributed by atoms with Gasteiger partial charge in [0.05, 0.1) is 0 Å². The quantitative estimate of drug-likeness (QED) is 0.902. The van der Waals surface area contributed by atoms with Crippen LogP contribution in [0.25, 0.3) is 0 Å². The van der Waals surface area contributed by atoms with Crippen LogP contribution in [0.1, 0.15) is 31.3 Å². The number of nitrogens with one attached hydrogen (secondary N) is 1. The second kappa shape index (κ2) is 6.70. The number of anilines is 1. The van der Waals surface area contributed by atoms with Gasteiger partial charge in [0.15, 0.2) is 0 Å². The fraction of sp³-hybridized carbons (Fsp3) is 0.600. The van der Waals surface area contributed by atoms with Crippen molar-refractivity contribution in [2.45, 2.75) is 26.8 Å². The topological polar surface area (TPSA) is 48.5 Å². The number of aromatic nitrogens is 1. The average Bonchev–Trinajstić information content (AvgIpc) is 2.48. The van der Waals surface area contributed by atoms with Crippen molar-refractivity contribution < 1.29 is 4.79 Å². The first-order valence-electron chi connectivity index (χ1n) is 7.39. The zero-order valence-electron chi connectivity index (χ0n) is 12.6. The van der Waals surface area contributed by atoms with Gasteiger partial charge in [-0.05, 0) is 32.9 Å². The van der Waals surface area contributed by atoms with Crippen molar-refractivity contribution in [3.63, 3.8) is 0 Å². The number of rotatable bonds is 4. The minimum absolute atomic E-state index is 0.0139. The summed E-state index contributed by atoms with van der Waals surface area (Å²) in [4.78, 5) is 20.7. The van der Waals surface area contributed by atoms with Crippen LogP contribution >= 0.6 is 0 Å². The van der Waals surface area contributed by atoms with Crippen LogP contribution in [0.4, 0.5) is 5.69 Å². The van der Waals surface area contributed by atoms with Gasteiger partial charge in [0, 0.05) is 50.6 Å². The molecule has 0 unspecified atom stereocenters. The third-order valence-corrected chi connectivity index (χ3v) is 3.75. The Bertz CT molecular complexity index is 459. The van der Waals surface area contributed by atoms with Crippen LogP contribution in [0.3, 0.4) is 0 Å². The maximum Gasteiger partial charge on any atom is 0.272 e. The zero-order chi connectivity index (χ0) is 14.5. The van der Waals surface area contributed by atoms with Crippen molar-refractivity contribution in [1.29, 1.82) is 0 Å². The molecule has 0 spiro atoms. The molecule has 1 N–H and O–H groups in total. The Kier molecular flexibility index (Phi) is 4.95. The molecule has 1 aliphatic rings. The molecule has 1 aromatic heterocycles.